The molecule has 0 aliphatic carbocycles. The molecule has 6 nitrogen and oxygen atoms in total. The molecular formula is C8H8N4O2. The lowest BCUT2D eigenvalue weighted by Gasteiger charge is -1.98. The van der Waals surface area contributed by atoms with Crippen molar-refractivity contribution in [3.05, 3.63) is 33.7 Å². The van der Waals surface area contributed by atoms with Crippen LogP contribution in [-0.4, -0.2) is 19.1 Å². The molecule has 0 bridgehead atoms. The number of hydrogen-bond acceptors (Lipinski definition) is 3. The molecule has 0 aliphatic rings. The first-order valence-electron chi connectivity index (χ1n) is 3.93. The fourth-order valence-corrected chi connectivity index (χ4v) is 1.34. The highest BCUT2D eigenvalue weighted by Crippen LogP contribution is 2.02. The van der Waals surface area contributed by atoms with Gasteiger partial charge in [0.2, 0.25) is 0 Å². The van der Waals surface area contributed by atoms with Gasteiger partial charge in [-0.2, -0.15) is 0 Å². The number of aryl methyl sites for hydroxylation is 1. The number of nitrogens with zero attached hydrogens (tertiary/aromatic N) is 3. The van der Waals surface area contributed by atoms with Gasteiger partial charge in [0, 0.05) is 13.2 Å². The van der Waals surface area contributed by atoms with E-state index >= 15 is 0 Å². The lowest BCUT2D eigenvalue weighted by atomic mass is 10.5. The Hall–Kier alpha value is -2.11. The Morgan fingerprint density at radius 3 is 2.93 bits per heavy atom. The summed E-state index contributed by atoms with van der Waals surface area (Å²) < 4.78 is 2.74. The maximum atomic E-state index is 11.4. The number of nitrogens with one attached hydrogen (secondary N) is 1. The summed E-state index contributed by atoms with van der Waals surface area (Å²) in [6, 6.07) is 0. The summed E-state index contributed by atoms with van der Waals surface area (Å²) in [5.41, 5.74) is -0.306. The Morgan fingerprint density at radius 1 is 1.57 bits per heavy atom. The van der Waals surface area contributed by atoms with Crippen LogP contribution in [0.2, 0.25) is 0 Å². The van der Waals surface area contributed by atoms with Gasteiger partial charge in [0.1, 0.15) is 0 Å². The van der Waals surface area contributed by atoms with E-state index in [1.807, 2.05) is 0 Å². The van der Waals surface area contributed by atoms with Crippen molar-refractivity contribution >= 4 is 17.4 Å². The first kappa shape index (κ1) is 8.49. The molecule has 0 atom stereocenters. The average Bonchev–Trinajstić information content (AvgIpc) is 2.49. The third-order valence-corrected chi connectivity index (χ3v) is 1.98. The summed E-state index contributed by atoms with van der Waals surface area (Å²) in [5.74, 6) is 0. The Balaban J connectivity index is 3.16. The molecule has 2 aromatic heterocycles. The Bertz CT molecular complexity index is 616. The van der Waals surface area contributed by atoms with Gasteiger partial charge in [-0.05, 0) is 0 Å². The largest absolute Gasteiger partial charge is 0.334 e. The zero-order chi connectivity index (χ0) is 10.3. The molecule has 14 heavy (non-hydrogen) atoms. The van der Waals surface area contributed by atoms with E-state index < -0.39 is 11.2 Å². The molecule has 2 heterocycles. The number of aromatic nitrogens is 4. The van der Waals surface area contributed by atoms with Crippen LogP contribution >= 0.6 is 0 Å². The van der Waals surface area contributed by atoms with Crippen molar-refractivity contribution in [3.63, 3.8) is 0 Å². The molecule has 0 radical (unpaired) electrons. The molecule has 6 heteroatoms. The molecule has 0 aliphatic heterocycles. The molecule has 0 spiro atoms. The van der Waals surface area contributed by atoms with Crippen LogP contribution in [0.3, 0.4) is 0 Å². The highest BCUT2D eigenvalue weighted by atomic mass is 16.2. The standard InChI is InChI=1S/C8H8N4O2/c1-3-12-6-5(11(2)4-9-6)7(13)10-8(12)14/h3-4H,1H2,2H3,(H,10,13,14). The smallest absolute Gasteiger partial charge is 0.328 e. The summed E-state index contributed by atoms with van der Waals surface area (Å²) in [6.07, 6.45) is 2.78. The molecule has 0 saturated carbocycles. The van der Waals surface area contributed by atoms with Gasteiger partial charge in [-0.15, -0.1) is 0 Å². The third-order valence-electron chi connectivity index (χ3n) is 1.98. The van der Waals surface area contributed by atoms with Crippen LogP contribution in [0.5, 0.6) is 0 Å². The zero-order valence-electron chi connectivity index (χ0n) is 7.52. The first-order valence-corrected chi connectivity index (χ1v) is 3.93. The molecule has 1 N–H and O–H groups in total. The normalized spacial score (nSPS) is 10.6. The minimum atomic E-state index is -0.531. The van der Waals surface area contributed by atoms with Gasteiger partial charge in [-0.3, -0.25) is 14.3 Å². The van der Waals surface area contributed by atoms with Crippen LogP contribution in [0.1, 0.15) is 0 Å². The highest BCUT2D eigenvalue weighted by Gasteiger charge is 2.09. The molecule has 72 valence electrons. The van der Waals surface area contributed by atoms with Crippen molar-refractivity contribution in [2.75, 3.05) is 0 Å². The van der Waals surface area contributed by atoms with Crippen molar-refractivity contribution in [1.82, 2.24) is 19.1 Å². The van der Waals surface area contributed by atoms with Gasteiger partial charge in [-0.1, -0.05) is 6.58 Å². The average molecular weight is 192 g/mol. The predicted molar refractivity (Wildman–Crippen MR) is 52.0 cm³/mol. The molecule has 0 aromatic carbocycles. The van der Waals surface area contributed by atoms with Crippen molar-refractivity contribution in [1.29, 1.82) is 0 Å². The molecule has 0 amide bonds. The number of fused-ring (bicyclic) bond motifs is 1. The van der Waals surface area contributed by atoms with E-state index in [1.54, 1.807) is 11.6 Å². The number of hydrogen-bond donors (Lipinski definition) is 1. The van der Waals surface area contributed by atoms with Gasteiger partial charge in [0.25, 0.3) is 5.56 Å². The van der Waals surface area contributed by atoms with Crippen LogP contribution in [0, 0.1) is 0 Å². The summed E-state index contributed by atoms with van der Waals surface area (Å²) in [4.78, 5) is 28.8. The minimum absolute atomic E-state index is 0.316. The maximum absolute atomic E-state index is 11.4. The third kappa shape index (κ3) is 0.936. The van der Waals surface area contributed by atoms with Gasteiger partial charge >= 0.3 is 5.69 Å². The minimum Gasteiger partial charge on any atom is -0.328 e. The number of aromatic amines is 1. The van der Waals surface area contributed by atoms with Crippen molar-refractivity contribution < 1.29 is 0 Å². The fourth-order valence-electron chi connectivity index (χ4n) is 1.34. The van der Waals surface area contributed by atoms with E-state index in [4.69, 9.17) is 0 Å². The van der Waals surface area contributed by atoms with Gasteiger partial charge in [0.05, 0.1) is 6.33 Å². The summed E-state index contributed by atoms with van der Waals surface area (Å²) >= 11 is 0. The second kappa shape index (κ2) is 2.69. The highest BCUT2D eigenvalue weighted by molar-refractivity contribution is 5.71. The molecule has 0 saturated heterocycles. The van der Waals surface area contributed by atoms with E-state index in [0.29, 0.717) is 11.2 Å². The van der Waals surface area contributed by atoms with Crippen LogP contribution in [0.15, 0.2) is 22.5 Å². The Labute approximate surface area is 78.1 Å². The SMILES string of the molecule is C=Cn1c(=O)[nH]c(=O)c2c1ncn2C. The summed E-state index contributed by atoms with van der Waals surface area (Å²) in [6.45, 7) is 3.47. The van der Waals surface area contributed by atoms with Crippen molar-refractivity contribution in [2.24, 2.45) is 7.05 Å². The maximum Gasteiger partial charge on any atom is 0.334 e. The summed E-state index contributed by atoms with van der Waals surface area (Å²) in [5, 5.41) is 0. The van der Waals surface area contributed by atoms with Gasteiger partial charge < -0.3 is 4.57 Å². The number of H-pyrrole nitrogens is 1. The van der Waals surface area contributed by atoms with Crippen LogP contribution < -0.4 is 11.2 Å². The van der Waals surface area contributed by atoms with E-state index in [-0.39, 0.29) is 0 Å². The lowest BCUT2D eigenvalue weighted by Crippen LogP contribution is -2.28. The Morgan fingerprint density at radius 2 is 2.29 bits per heavy atom. The first-order chi connectivity index (χ1) is 6.65. The van der Waals surface area contributed by atoms with E-state index in [2.05, 4.69) is 16.5 Å². The molecule has 2 aromatic rings. The van der Waals surface area contributed by atoms with Gasteiger partial charge in [0.15, 0.2) is 11.2 Å². The van der Waals surface area contributed by atoms with Crippen molar-refractivity contribution in [3.8, 4) is 0 Å². The van der Waals surface area contributed by atoms with Crippen LogP contribution in [-0.2, 0) is 7.05 Å². The lowest BCUT2D eigenvalue weighted by molar-refractivity contribution is 0.926. The van der Waals surface area contributed by atoms with Crippen LogP contribution in [0.25, 0.3) is 17.4 Å². The van der Waals surface area contributed by atoms with Gasteiger partial charge in [-0.25, -0.2) is 9.78 Å². The second-order valence-corrected chi connectivity index (χ2v) is 2.84. The molecule has 2 rings (SSSR count). The molecular weight excluding hydrogens is 184 g/mol. The predicted octanol–water partition coefficient (Wildman–Crippen LogP) is -0.476. The fraction of sp³-hybridized carbons (Fsp3) is 0.125. The molecule has 0 unspecified atom stereocenters. The van der Waals surface area contributed by atoms with E-state index in [1.165, 1.54) is 17.1 Å². The van der Waals surface area contributed by atoms with E-state index in [9.17, 15) is 9.59 Å². The monoisotopic (exact) mass is 192 g/mol. The quantitative estimate of drug-likeness (QED) is 0.663. The van der Waals surface area contributed by atoms with E-state index in [0.717, 1.165) is 0 Å². The van der Waals surface area contributed by atoms with Crippen molar-refractivity contribution in [2.45, 2.75) is 0 Å². The Kier molecular flexibility index (Phi) is 1.63. The second-order valence-electron chi connectivity index (χ2n) is 2.84. The number of rotatable bonds is 1. The summed E-state index contributed by atoms with van der Waals surface area (Å²) in [7, 11) is 1.68. The topological polar surface area (TPSA) is 72.7 Å². The molecule has 0 fully saturated rings. The zero-order valence-corrected chi connectivity index (χ0v) is 7.52. The van der Waals surface area contributed by atoms with Crippen LogP contribution in [0.4, 0.5) is 0 Å². The number of imidazole rings is 1.